The lowest BCUT2D eigenvalue weighted by molar-refractivity contribution is 0.0779. The van der Waals surface area contributed by atoms with Gasteiger partial charge in [-0.25, -0.2) is 0 Å². The third kappa shape index (κ3) is 2.30. The van der Waals surface area contributed by atoms with E-state index in [0.717, 1.165) is 23.7 Å². The summed E-state index contributed by atoms with van der Waals surface area (Å²) in [6.45, 7) is 7.67. The average Bonchev–Trinajstić information content (AvgIpc) is 2.81. The molecule has 0 unspecified atom stereocenters. The molecule has 0 bridgehead atoms. The maximum Gasteiger partial charge on any atom is 0.0868 e. The fraction of sp³-hybridized carbons (Fsp3) is 0.938. The highest BCUT2D eigenvalue weighted by Crippen LogP contribution is 2.56. The number of hydrogen-bond acceptors (Lipinski definition) is 2. The Hall–Kier alpha value is -0.550. The van der Waals surface area contributed by atoms with Crippen LogP contribution in [0.5, 0.6) is 0 Å². The largest absolute Gasteiger partial charge is 0.288 e. The molecule has 4 atom stereocenters. The fourth-order valence-electron chi connectivity index (χ4n) is 4.65. The van der Waals surface area contributed by atoms with Gasteiger partial charge in [-0.15, -0.1) is 0 Å². The third-order valence-corrected chi connectivity index (χ3v) is 5.61. The molecular weight excluding hydrogens is 220 g/mol. The second kappa shape index (κ2) is 5.21. The topological polar surface area (TPSA) is 27.0 Å². The summed E-state index contributed by atoms with van der Waals surface area (Å²) in [5, 5.41) is 8.99. The molecule has 0 aromatic rings. The van der Waals surface area contributed by atoms with Crippen molar-refractivity contribution in [3.63, 3.8) is 0 Å². The Labute approximate surface area is 112 Å². The van der Waals surface area contributed by atoms with Crippen LogP contribution in [0.4, 0.5) is 0 Å². The van der Waals surface area contributed by atoms with Crippen molar-refractivity contribution in [3.8, 4) is 6.07 Å². The van der Waals surface area contributed by atoms with Crippen molar-refractivity contribution in [1.82, 2.24) is 4.90 Å². The van der Waals surface area contributed by atoms with Crippen molar-refractivity contribution in [1.29, 1.82) is 5.26 Å². The van der Waals surface area contributed by atoms with Gasteiger partial charge in [-0.05, 0) is 56.9 Å². The van der Waals surface area contributed by atoms with Gasteiger partial charge in [-0.3, -0.25) is 4.90 Å². The van der Waals surface area contributed by atoms with Crippen molar-refractivity contribution >= 4 is 0 Å². The standard InChI is InChI=1S/C16H28N2/c1-12(2)10-15-14-7-5-6-13(14)11-16(15,3)18(4)9-8-17/h12-15H,5-7,9-11H2,1-4H3/t13-,14-,15+,16+/m1/s1. The van der Waals surface area contributed by atoms with Crippen LogP contribution >= 0.6 is 0 Å². The van der Waals surface area contributed by atoms with E-state index in [-0.39, 0.29) is 5.54 Å². The van der Waals surface area contributed by atoms with Crippen LogP contribution in [0.1, 0.15) is 52.9 Å². The molecule has 0 amide bonds. The summed E-state index contributed by atoms with van der Waals surface area (Å²) in [5.74, 6) is 3.42. The van der Waals surface area contributed by atoms with Gasteiger partial charge >= 0.3 is 0 Å². The molecule has 0 aromatic heterocycles. The summed E-state index contributed by atoms with van der Waals surface area (Å²) in [5.41, 5.74) is 0.260. The molecule has 102 valence electrons. The van der Waals surface area contributed by atoms with Crippen molar-refractivity contribution in [3.05, 3.63) is 0 Å². The molecule has 2 heteroatoms. The Kier molecular flexibility index (Phi) is 4.02. The highest BCUT2D eigenvalue weighted by atomic mass is 15.2. The summed E-state index contributed by atoms with van der Waals surface area (Å²) in [6.07, 6.45) is 6.93. The lowest BCUT2D eigenvalue weighted by Crippen LogP contribution is -2.48. The molecule has 0 spiro atoms. The summed E-state index contributed by atoms with van der Waals surface area (Å²) < 4.78 is 0. The van der Waals surface area contributed by atoms with E-state index in [2.05, 4.69) is 38.8 Å². The average molecular weight is 248 g/mol. The van der Waals surface area contributed by atoms with E-state index in [1.807, 2.05) is 0 Å². The highest BCUT2D eigenvalue weighted by Gasteiger charge is 2.53. The van der Waals surface area contributed by atoms with Crippen LogP contribution < -0.4 is 0 Å². The normalized spacial score (nSPS) is 39.3. The monoisotopic (exact) mass is 248 g/mol. The van der Waals surface area contributed by atoms with Gasteiger partial charge in [0.1, 0.15) is 0 Å². The van der Waals surface area contributed by atoms with Gasteiger partial charge in [-0.2, -0.15) is 5.26 Å². The predicted octanol–water partition coefficient (Wildman–Crippen LogP) is 3.68. The van der Waals surface area contributed by atoms with Crippen LogP contribution in [0.15, 0.2) is 0 Å². The quantitative estimate of drug-likeness (QED) is 0.710. The first-order valence-corrected chi connectivity index (χ1v) is 7.57. The minimum absolute atomic E-state index is 0.260. The minimum atomic E-state index is 0.260. The molecule has 0 aliphatic heterocycles. The smallest absolute Gasteiger partial charge is 0.0868 e. The molecule has 18 heavy (non-hydrogen) atoms. The van der Waals surface area contributed by atoms with Crippen LogP contribution in [-0.4, -0.2) is 24.0 Å². The molecule has 0 radical (unpaired) electrons. The molecule has 0 aromatic carbocycles. The van der Waals surface area contributed by atoms with Gasteiger partial charge in [-0.1, -0.05) is 26.7 Å². The number of nitriles is 1. The molecule has 2 aliphatic rings. The van der Waals surface area contributed by atoms with E-state index >= 15 is 0 Å². The van der Waals surface area contributed by atoms with Crippen molar-refractivity contribution in [2.45, 2.75) is 58.4 Å². The van der Waals surface area contributed by atoms with E-state index in [1.165, 1.54) is 32.1 Å². The van der Waals surface area contributed by atoms with Crippen LogP contribution in [0.2, 0.25) is 0 Å². The molecule has 0 saturated heterocycles. The first-order valence-electron chi connectivity index (χ1n) is 7.57. The maximum absolute atomic E-state index is 8.99. The number of nitrogens with zero attached hydrogens (tertiary/aromatic N) is 2. The predicted molar refractivity (Wildman–Crippen MR) is 75.0 cm³/mol. The van der Waals surface area contributed by atoms with Gasteiger partial charge in [0.25, 0.3) is 0 Å². The van der Waals surface area contributed by atoms with Crippen molar-refractivity contribution in [2.75, 3.05) is 13.6 Å². The third-order valence-electron chi connectivity index (χ3n) is 5.61. The fourth-order valence-corrected chi connectivity index (χ4v) is 4.65. The van der Waals surface area contributed by atoms with E-state index < -0.39 is 0 Å². The molecule has 0 heterocycles. The number of hydrogen-bond donors (Lipinski definition) is 0. The van der Waals surface area contributed by atoms with E-state index in [4.69, 9.17) is 5.26 Å². The minimum Gasteiger partial charge on any atom is -0.288 e. The summed E-state index contributed by atoms with van der Waals surface area (Å²) in [7, 11) is 2.15. The van der Waals surface area contributed by atoms with Gasteiger partial charge < -0.3 is 0 Å². The summed E-state index contributed by atoms with van der Waals surface area (Å²) in [6, 6.07) is 2.34. The summed E-state index contributed by atoms with van der Waals surface area (Å²) in [4.78, 5) is 2.33. The molecule has 2 saturated carbocycles. The van der Waals surface area contributed by atoms with Gasteiger partial charge in [0, 0.05) is 5.54 Å². The lowest BCUT2D eigenvalue weighted by Gasteiger charge is -2.42. The lowest BCUT2D eigenvalue weighted by atomic mass is 9.77. The molecule has 2 fully saturated rings. The van der Waals surface area contributed by atoms with E-state index in [0.29, 0.717) is 6.54 Å². The van der Waals surface area contributed by atoms with Crippen molar-refractivity contribution in [2.24, 2.45) is 23.7 Å². The zero-order valence-corrected chi connectivity index (χ0v) is 12.4. The Morgan fingerprint density at radius 2 is 2.11 bits per heavy atom. The SMILES string of the molecule is CC(C)C[C@H]1[C@@H]2CCC[C@@H]2C[C@]1(C)N(C)CC#N. The number of fused-ring (bicyclic) bond motifs is 1. The van der Waals surface area contributed by atoms with E-state index in [1.54, 1.807) is 0 Å². The molecule has 2 nitrogen and oxygen atoms in total. The number of rotatable bonds is 4. The zero-order chi connectivity index (χ0) is 13.3. The van der Waals surface area contributed by atoms with Crippen molar-refractivity contribution < 1.29 is 0 Å². The molecular formula is C16H28N2. The van der Waals surface area contributed by atoms with Gasteiger partial charge in [0.05, 0.1) is 12.6 Å². The molecule has 2 aliphatic carbocycles. The van der Waals surface area contributed by atoms with Gasteiger partial charge in [0.2, 0.25) is 0 Å². The second-order valence-corrected chi connectivity index (χ2v) is 7.17. The Bertz CT molecular complexity index is 330. The first-order chi connectivity index (χ1) is 8.49. The molecule has 2 rings (SSSR count). The maximum atomic E-state index is 8.99. The Morgan fingerprint density at radius 1 is 1.39 bits per heavy atom. The second-order valence-electron chi connectivity index (χ2n) is 7.17. The molecule has 0 N–H and O–H groups in total. The highest BCUT2D eigenvalue weighted by molar-refractivity contribution is 5.07. The summed E-state index contributed by atoms with van der Waals surface area (Å²) >= 11 is 0. The Balaban J connectivity index is 2.20. The Morgan fingerprint density at radius 3 is 2.72 bits per heavy atom. The van der Waals surface area contributed by atoms with Crippen LogP contribution in [0.3, 0.4) is 0 Å². The zero-order valence-electron chi connectivity index (χ0n) is 12.4. The first kappa shape index (κ1) is 13.9. The van der Waals surface area contributed by atoms with Crippen LogP contribution in [0, 0.1) is 35.0 Å². The van der Waals surface area contributed by atoms with Crippen LogP contribution in [0.25, 0.3) is 0 Å². The van der Waals surface area contributed by atoms with Gasteiger partial charge in [0.15, 0.2) is 0 Å². The van der Waals surface area contributed by atoms with E-state index in [9.17, 15) is 0 Å². The van der Waals surface area contributed by atoms with Crippen LogP contribution in [-0.2, 0) is 0 Å².